The van der Waals surface area contributed by atoms with Crippen molar-refractivity contribution in [2.24, 2.45) is 0 Å². The number of hydrogen-bond donors (Lipinski definition) is 1. The lowest BCUT2D eigenvalue weighted by Crippen LogP contribution is -1.87. The molecule has 0 spiro atoms. The zero-order valence-electron chi connectivity index (χ0n) is 8.54. The molecule has 4 heteroatoms. The molecule has 0 fully saturated rings. The van der Waals surface area contributed by atoms with Crippen molar-refractivity contribution in [2.75, 3.05) is 0 Å². The number of hydrogen-bond acceptors (Lipinski definition) is 2. The summed E-state index contributed by atoms with van der Waals surface area (Å²) in [4.78, 5) is 3.95. The summed E-state index contributed by atoms with van der Waals surface area (Å²) in [5.74, 6) is -0.758. The topological polar surface area (TPSA) is 33.1 Å². The Labute approximate surface area is 97.3 Å². The van der Waals surface area contributed by atoms with E-state index in [1.165, 1.54) is 6.07 Å². The van der Waals surface area contributed by atoms with E-state index in [4.69, 9.17) is 11.6 Å². The Morgan fingerprint density at radius 2 is 2.06 bits per heavy atom. The number of benzene rings is 1. The van der Waals surface area contributed by atoms with Crippen LogP contribution in [0.4, 0.5) is 4.39 Å². The van der Waals surface area contributed by atoms with E-state index in [0.717, 1.165) is 17.2 Å². The lowest BCUT2D eigenvalue weighted by atomic mass is 10.0. The van der Waals surface area contributed by atoms with Crippen LogP contribution < -0.4 is 0 Å². The molecule has 2 aromatic rings. The second kappa shape index (κ2) is 4.10. The molecular weight excluding hydrogens is 229 g/mol. The van der Waals surface area contributed by atoms with E-state index in [1.54, 1.807) is 18.5 Å². The van der Waals surface area contributed by atoms with Crippen molar-refractivity contribution in [3.63, 3.8) is 0 Å². The highest BCUT2D eigenvalue weighted by molar-refractivity contribution is 6.31. The monoisotopic (exact) mass is 237 g/mol. The molecule has 0 unspecified atom stereocenters. The van der Waals surface area contributed by atoms with E-state index >= 15 is 0 Å². The van der Waals surface area contributed by atoms with Crippen molar-refractivity contribution in [1.29, 1.82) is 0 Å². The first-order valence-corrected chi connectivity index (χ1v) is 5.06. The van der Waals surface area contributed by atoms with Gasteiger partial charge >= 0.3 is 0 Å². The highest BCUT2D eigenvalue weighted by atomic mass is 35.5. The highest BCUT2D eigenvalue weighted by Gasteiger charge is 2.11. The molecule has 1 heterocycles. The molecule has 1 aromatic heterocycles. The standard InChI is InChI=1S/C12H9ClFNO/c1-7-6-15-3-2-8(7)9-4-10(13)11(14)5-12(9)16/h2-6,16H,1H3. The number of halogens is 2. The van der Waals surface area contributed by atoms with Crippen LogP contribution in [0.5, 0.6) is 5.75 Å². The highest BCUT2D eigenvalue weighted by Crippen LogP contribution is 2.34. The van der Waals surface area contributed by atoms with Crippen LogP contribution in [0.1, 0.15) is 5.56 Å². The molecule has 0 aliphatic carbocycles. The first kappa shape index (κ1) is 10.9. The molecular formula is C12H9ClFNO. The molecule has 0 saturated heterocycles. The zero-order chi connectivity index (χ0) is 11.7. The van der Waals surface area contributed by atoms with Crippen molar-refractivity contribution in [3.8, 4) is 16.9 Å². The number of phenolic OH excluding ortho intramolecular Hbond substituents is 1. The number of aromatic nitrogens is 1. The van der Waals surface area contributed by atoms with Gasteiger partial charge in [-0.05, 0) is 30.2 Å². The molecule has 0 saturated carbocycles. The minimum Gasteiger partial charge on any atom is -0.507 e. The van der Waals surface area contributed by atoms with Crippen molar-refractivity contribution >= 4 is 11.6 Å². The Hall–Kier alpha value is -1.61. The molecule has 1 N–H and O–H groups in total. The Kier molecular flexibility index (Phi) is 2.79. The number of phenols is 1. The molecule has 16 heavy (non-hydrogen) atoms. The quantitative estimate of drug-likeness (QED) is 0.823. The van der Waals surface area contributed by atoms with Crippen LogP contribution in [-0.4, -0.2) is 10.1 Å². The predicted molar refractivity (Wildman–Crippen MR) is 61.0 cm³/mol. The van der Waals surface area contributed by atoms with E-state index in [-0.39, 0.29) is 10.8 Å². The third kappa shape index (κ3) is 1.86. The summed E-state index contributed by atoms with van der Waals surface area (Å²) in [5, 5.41) is 9.66. The van der Waals surface area contributed by atoms with Crippen molar-refractivity contribution in [1.82, 2.24) is 4.98 Å². The first-order chi connectivity index (χ1) is 7.59. The van der Waals surface area contributed by atoms with Gasteiger partial charge < -0.3 is 5.11 Å². The Morgan fingerprint density at radius 1 is 1.31 bits per heavy atom. The van der Waals surface area contributed by atoms with Gasteiger partial charge in [-0.2, -0.15) is 0 Å². The molecule has 0 amide bonds. The predicted octanol–water partition coefficient (Wildman–Crippen LogP) is 3.56. The normalized spacial score (nSPS) is 10.4. The van der Waals surface area contributed by atoms with Gasteiger partial charge in [-0.3, -0.25) is 4.98 Å². The van der Waals surface area contributed by atoms with Crippen molar-refractivity contribution < 1.29 is 9.50 Å². The van der Waals surface area contributed by atoms with Gasteiger partial charge in [-0.25, -0.2) is 4.39 Å². The third-order valence-electron chi connectivity index (χ3n) is 2.35. The van der Waals surface area contributed by atoms with Gasteiger partial charge in [0.05, 0.1) is 5.02 Å². The third-order valence-corrected chi connectivity index (χ3v) is 2.64. The van der Waals surface area contributed by atoms with Gasteiger partial charge in [0.25, 0.3) is 0 Å². The summed E-state index contributed by atoms with van der Waals surface area (Å²) in [6, 6.07) is 4.17. The minimum absolute atomic E-state index is 0.0102. The lowest BCUT2D eigenvalue weighted by Gasteiger charge is -2.08. The summed E-state index contributed by atoms with van der Waals surface area (Å²) >= 11 is 5.69. The summed E-state index contributed by atoms with van der Waals surface area (Å²) < 4.78 is 13.1. The van der Waals surface area contributed by atoms with Gasteiger partial charge in [0.2, 0.25) is 0 Å². The van der Waals surface area contributed by atoms with E-state index in [1.807, 2.05) is 6.92 Å². The Balaban J connectivity index is 2.65. The number of rotatable bonds is 1. The summed E-state index contributed by atoms with van der Waals surface area (Å²) in [6.07, 6.45) is 3.28. The molecule has 0 aliphatic rings. The number of aryl methyl sites for hydroxylation is 1. The minimum atomic E-state index is -0.630. The van der Waals surface area contributed by atoms with Crippen molar-refractivity contribution in [3.05, 3.63) is 47.0 Å². The average Bonchev–Trinajstić information content (AvgIpc) is 2.25. The second-order valence-corrected chi connectivity index (χ2v) is 3.88. The van der Waals surface area contributed by atoms with E-state index < -0.39 is 5.82 Å². The maximum absolute atomic E-state index is 13.1. The van der Waals surface area contributed by atoms with Crippen LogP contribution in [0.2, 0.25) is 5.02 Å². The second-order valence-electron chi connectivity index (χ2n) is 3.47. The molecule has 2 nitrogen and oxygen atoms in total. The first-order valence-electron chi connectivity index (χ1n) is 4.68. The molecule has 0 aliphatic heterocycles. The lowest BCUT2D eigenvalue weighted by molar-refractivity contribution is 0.471. The fraction of sp³-hybridized carbons (Fsp3) is 0.0833. The SMILES string of the molecule is Cc1cnccc1-c1cc(Cl)c(F)cc1O. The summed E-state index contributed by atoms with van der Waals surface area (Å²) in [5.41, 5.74) is 2.18. The van der Waals surface area contributed by atoms with Crippen LogP contribution in [0, 0.1) is 12.7 Å². The fourth-order valence-corrected chi connectivity index (χ4v) is 1.69. The van der Waals surface area contributed by atoms with Gasteiger partial charge in [-0.15, -0.1) is 0 Å². The van der Waals surface area contributed by atoms with Crippen LogP contribution in [0.3, 0.4) is 0 Å². The fourth-order valence-electron chi connectivity index (χ4n) is 1.53. The molecule has 0 bridgehead atoms. The van der Waals surface area contributed by atoms with Gasteiger partial charge in [0.1, 0.15) is 11.6 Å². The largest absolute Gasteiger partial charge is 0.507 e. The molecule has 2 rings (SSSR count). The van der Waals surface area contributed by atoms with Crippen LogP contribution >= 0.6 is 11.6 Å². The van der Waals surface area contributed by atoms with E-state index in [2.05, 4.69) is 4.98 Å². The number of aromatic hydroxyl groups is 1. The molecule has 0 radical (unpaired) electrons. The van der Waals surface area contributed by atoms with Gasteiger partial charge in [-0.1, -0.05) is 11.6 Å². The molecule has 0 atom stereocenters. The summed E-state index contributed by atoms with van der Waals surface area (Å²) in [7, 11) is 0. The van der Waals surface area contributed by atoms with E-state index in [0.29, 0.717) is 5.56 Å². The van der Waals surface area contributed by atoms with Crippen molar-refractivity contribution in [2.45, 2.75) is 6.92 Å². The molecule has 1 aromatic carbocycles. The Morgan fingerprint density at radius 3 is 2.75 bits per heavy atom. The van der Waals surface area contributed by atoms with Gasteiger partial charge in [0.15, 0.2) is 0 Å². The Bertz CT molecular complexity index is 543. The number of nitrogens with zero attached hydrogens (tertiary/aromatic N) is 1. The maximum Gasteiger partial charge on any atom is 0.145 e. The van der Waals surface area contributed by atoms with E-state index in [9.17, 15) is 9.50 Å². The summed E-state index contributed by atoms with van der Waals surface area (Å²) in [6.45, 7) is 1.86. The van der Waals surface area contributed by atoms with Gasteiger partial charge in [0, 0.05) is 24.0 Å². The number of pyridine rings is 1. The average molecular weight is 238 g/mol. The maximum atomic E-state index is 13.1. The van der Waals surface area contributed by atoms with Crippen LogP contribution in [0.25, 0.3) is 11.1 Å². The smallest absolute Gasteiger partial charge is 0.145 e. The molecule has 82 valence electrons. The van der Waals surface area contributed by atoms with Crippen LogP contribution in [-0.2, 0) is 0 Å². The van der Waals surface area contributed by atoms with Crippen LogP contribution in [0.15, 0.2) is 30.6 Å². The zero-order valence-corrected chi connectivity index (χ0v) is 9.29.